The van der Waals surface area contributed by atoms with Crippen LogP contribution >= 0.6 is 0 Å². The molecule has 2 atom stereocenters. The van der Waals surface area contributed by atoms with Crippen molar-refractivity contribution in [1.29, 1.82) is 0 Å². The van der Waals surface area contributed by atoms with E-state index in [1.165, 1.54) is 19.3 Å². The van der Waals surface area contributed by atoms with E-state index in [4.69, 9.17) is 4.74 Å². The second kappa shape index (κ2) is 7.33. The first-order valence-electron chi connectivity index (χ1n) is 9.27. The molecule has 1 saturated carbocycles. The van der Waals surface area contributed by atoms with Gasteiger partial charge in [-0.25, -0.2) is 0 Å². The van der Waals surface area contributed by atoms with Crippen LogP contribution < -0.4 is 5.32 Å². The van der Waals surface area contributed by atoms with Gasteiger partial charge in [-0.2, -0.15) is 0 Å². The van der Waals surface area contributed by atoms with Crippen LogP contribution in [0.2, 0.25) is 0 Å². The van der Waals surface area contributed by atoms with Crippen LogP contribution in [0.5, 0.6) is 0 Å². The molecule has 3 heteroatoms. The van der Waals surface area contributed by atoms with E-state index < -0.39 is 0 Å². The second-order valence-electron chi connectivity index (χ2n) is 8.32. The molecule has 2 rings (SSSR count). The van der Waals surface area contributed by atoms with Crippen molar-refractivity contribution in [1.82, 2.24) is 5.32 Å². The molecule has 128 valence electrons. The zero-order chi connectivity index (χ0) is 16.3. The Balaban J connectivity index is 1.79. The van der Waals surface area contributed by atoms with Gasteiger partial charge in [0.2, 0.25) is 5.91 Å². The molecule has 1 amide bonds. The highest BCUT2D eigenvalue weighted by atomic mass is 16.5. The number of hydrogen-bond acceptors (Lipinski definition) is 2. The summed E-state index contributed by atoms with van der Waals surface area (Å²) in [4.78, 5) is 12.5. The molecule has 1 N–H and O–H groups in total. The summed E-state index contributed by atoms with van der Waals surface area (Å²) < 4.78 is 5.74. The zero-order valence-electron chi connectivity index (χ0n) is 15.2. The molecule has 2 fully saturated rings. The summed E-state index contributed by atoms with van der Waals surface area (Å²) in [5, 5.41) is 3.33. The van der Waals surface area contributed by atoms with Crippen LogP contribution in [-0.4, -0.2) is 24.2 Å². The van der Waals surface area contributed by atoms with Crippen LogP contribution in [0.15, 0.2) is 0 Å². The fraction of sp³-hybridized carbons (Fsp3) is 0.947. The van der Waals surface area contributed by atoms with Gasteiger partial charge >= 0.3 is 0 Å². The maximum atomic E-state index is 12.5. The zero-order valence-corrected chi connectivity index (χ0v) is 15.2. The van der Waals surface area contributed by atoms with Gasteiger partial charge in [0.25, 0.3) is 0 Å². The van der Waals surface area contributed by atoms with E-state index in [9.17, 15) is 4.79 Å². The Morgan fingerprint density at radius 2 is 1.64 bits per heavy atom. The van der Waals surface area contributed by atoms with E-state index in [2.05, 4.69) is 39.9 Å². The van der Waals surface area contributed by atoms with Gasteiger partial charge in [-0.1, -0.05) is 27.2 Å². The first-order valence-corrected chi connectivity index (χ1v) is 9.27. The van der Waals surface area contributed by atoms with Gasteiger partial charge in [0.1, 0.15) is 0 Å². The van der Waals surface area contributed by atoms with Crippen molar-refractivity contribution in [2.75, 3.05) is 0 Å². The molecule has 0 radical (unpaired) electrons. The molecule has 1 saturated heterocycles. The van der Waals surface area contributed by atoms with E-state index in [1.807, 2.05) is 0 Å². The van der Waals surface area contributed by atoms with Crippen molar-refractivity contribution in [2.24, 2.45) is 17.3 Å². The van der Waals surface area contributed by atoms with E-state index in [1.54, 1.807) is 0 Å². The van der Waals surface area contributed by atoms with Crippen LogP contribution in [-0.2, 0) is 9.53 Å². The Morgan fingerprint density at radius 1 is 1.09 bits per heavy atom. The average molecular weight is 309 g/mol. The summed E-state index contributed by atoms with van der Waals surface area (Å²) in [6.45, 7) is 11.2. The van der Waals surface area contributed by atoms with Crippen molar-refractivity contribution in [2.45, 2.75) is 97.8 Å². The van der Waals surface area contributed by atoms with Crippen molar-refractivity contribution in [3.05, 3.63) is 0 Å². The monoisotopic (exact) mass is 309 g/mol. The van der Waals surface area contributed by atoms with Crippen LogP contribution in [0.25, 0.3) is 0 Å². The molecule has 1 aliphatic carbocycles. The van der Waals surface area contributed by atoms with Gasteiger partial charge in [0.05, 0.1) is 12.2 Å². The maximum Gasteiger partial charge on any atom is 0.223 e. The topological polar surface area (TPSA) is 38.3 Å². The van der Waals surface area contributed by atoms with Crippen LogP contribution in [0.3, 0.4) is 0 Å². The van der Waals surface area contributed by atoms with E-state index in [0.717, 1.165) is 31.6 Å². The maximum absolute atomic E-state index is 12.5. The summed E-state index contributed by atoms with van der Waals surface area (Å²) >= 11 is 0. The number of nitrogens with one attached hydrogen (secondary N) is 1. The lowest BCUT2D eigenvalue weighted by Crippen LogP contribution is -2.45. The predicted molar refractivity (Wildman–Crippen MR) is 90.7 cm³/mol. The quantitative estimate of drug-likeness (QED) is 0.840. The highest BCUT2D eigenvalue weighted by Gasteiger charge is 2.34. The minimum atomic E-state index is 0.142. The summed E-state index contributed by atoms with van der Waals surface area (Å²) in [7, 11) is 0. The normalized spacial score (nSPS) is 36.9. The molecule has 1 heterocycles. The molecular weight excluding hydrogens is 274 g/mol. The standard InChI is InChI=1S/C19H35NO2/c1-6-19(4,5)16-7-9-17(10-8-16)20-18(21)15-11-13(2)22-14(3)12-15/h13-17H,6-12H2,1-5H3,(H,20,21)/t13-,14-,16?,17?/m1/s1. The summed E-state index contributed by atoms with van der Waals surface area (Å²) in [5.41, 5.74) is 0.445. The van der Waals surface area contributed by atoms with Crippen LogP contribution in [0.1, 0.15) is 79.6 Å². The summed E-state index contributed by atoms with van der Waals surface area (Å²) in [6.07, 6.45) is 8.21. The van der Waals surface area contributed by atoms with Crippen molar-refractivity contribution < 1.29 is 9.53 Å². The molecule has 0 unspecified atom stereocenters. The lowest BCUT2D eigenvalue weighted by atomic mass is 9.69. The average Bonchev–Trinajstić information content (AvgIpc) is 2.46. The largest absolute Gasteiger partial charge is 0.376 e. The lowest BCUT2D eigenvalue weighted by molar-refractivity contribution is -0.134. The highest BCUT2D eigenvalue weighted by molar-refractivity contribution is 5.79. The molecule has 22 heavy (non-hydrogen) atoms. The Labute approximate surface area is 136 Å². The lowest BCUT2D eigenvalue weighted by Gasteiger charge is -2.39. The van der Waals surface area contributed by atoms with E-state index in [-0.39, 0.29) is 24.0 Å². The highest BCUT2D eigenvalue weighted by Crippen LogP contribution is 2.40. The van der Waals surface area contributed by atoms with Crippen molar-refractivity contribution in [3.8, 4) is 0 Å². The minimum absolute atomic E-state index is 0.142. The Hall–Kier alpha value is -0.570. The van der Waals surface area contributed by atoms with Crippen molar-refractivity contribution >= 4 is 5.91 Å². The molecule has 2 aliphatic rings. The third kappa shape index (κ3) is 4.47. The van der Waals surface area contributed by atoms with Crippen LogP contribution in [0, 0.1) is 17.3 Å². The number of carbonyl (C=O) groups is 1. The van der Waals surface area contributed by atoms with Crippen LogP contribution in [0.4, 0.5) is 0 Å². The van der Waals surface area contributed by atoms with Gasteiger partial charge in [0.15, 0.2) is 0 Å². The van der Waals surface area contributed by atoms with Gasteiger partial charge in [-0.3, -0.25) is 4.79 Å². The van der Waals surface area contributed by atoms with Gasteiger partial charge in [0, 0.05) is 12.0 Å². The number of rotatable bonds is 4. The first kappa shape index (κ1) is 17.8. The molecular formula is C19H35NO2. The molecule has 1 aliphatic heterocycles. The molecule has 0 aromatic heterocycles. The summed E-state index contributed by atoms with van der Waals surface area (Å²) in [6, 6.07) is 0.393. The SMILES string of the molecule is CCC(C)(C)C1CCC(NC(=O)C2C[C@@H](C)O[C@H](C)C2)CC1. The Bertz CT molecular complexity index is 362. The predicted octanol–water partition coefficient (Wildman–Crippen LogP) is 4.30. The number of carbonyl (C=O) groups excluding carboxylic acids is 1. The second-order valence-corrected chi connectivity index (χ2v) is 8.32. The fourth-order valence-electron chi connectivity index (χ4n) is 4.25. The fourth-order valence-corrected chi connectivity index (χ4v) is 4.25. The number of hydrogen-bond donors (Lipinski definition) is 1. The first-order chi connectivity index (χ1) is 10.3. The van der Waals surface area contributed by atoms with E-state index >= 15 is 0 Å². The number of ether oxygens (including phenoxy) is 1. The van der Waals surface area contributed by atoms with Crippen molar-refractivity contribution in [3.63, 3.8) is 0 Å². The van der Waals surface area contributed by atoms with E-state index in [0.29, 0.717) is 11.5 Å². The summed E-state index contributed by atoms with van der Waals surface area (Å²) in [5.74, 6) is 1.22. The molecule has 0 aromatic rings. The molecule has 0 aromatic carbocycles. The third-order valence-electron chi connectivity index (χ3n) is 6.16. The number of amides is 1. The Kier molecular flexibility index (Phi) is 5.93. The van der Waals surface area contributed by atoms with Gasteiger partial charge < -0.3 is 10.1 Å². The molecule has 3 nitrogen and oxygen atoms in total. The van der Waals surface area contributed by atoms with Gasteiger partial charge in [-0.05, 0) is 63.7 Å². The minimum Gasteiger partial charge on any atom is -0.376 e. The molecule has 0 bridgehead atoms. The van der Waals surface area contributed by atoms with Gasteiger partial charge in [-0.15, -0.1) is 0 Å². The third-order valence-corrected chi connectivity index (χ3v) is 6.16. The Morgan fingerprint density at radius 3 is 2.14 bits per heavy atom. The molecule has 0 spiro atoms. The smallest absolute Gasteiger partial charge is 0.223 e.